The van der Waals surface area contributed by atoms with Crippen molar-refractivity contribution in [1.82, 2.24) is 0 Å². The zero-order valence-corrected chi connectivity index (χ0v) is 5.13. The lowest BCUT2D eigenvalue weighted by atomic mass is 10.3. The summed E-state index contributed by atoms with van der Waals surface area (Å²) in [6, 6.07) is 0. The first-order valence-electron chi connectivity index (χ1n) is 1.80. The Morgan fingerprint density at radius 3 is 2.33 bits per heavy atom. The number of rotatable bonds is 2. The topological polar surface area (TPSA) is 0 Å². The molecule has 1 atom stereocenters. The van der Waals surface area contributed by atoms with Gasteiger partial charge in [0.15, 0.2) is 0 Å². The first kappa shape index (κ1) is 6.58. The predicted molar refractivity (Wildman–Crippen MR) is 30.0 cm³/mol. The first-order chi connectivity index (χ1) is 2.81. The molecule has 0 fully saturated rings. The minimum atomic E-state index is 0.341. The van der Waals surface area contributed by atoms with Crippen LogP contribution in [0.5, 0.6) is 0 Å². The fourth-order valence-corrected chi connectivity index (χ4v) is 0.303. The fourth-order valence-electron chi connectivity index (χ4n) is 0.0337. The van der Waals surface area contributed by atoms with Gasteiger partial charge in [0, 0.05) is 5.88 Å². The zero-order chi connectivity index (χ0) is 4.99. The van der Waals surface area contributed by atoms with Crippen LogP contribution < -0.4 is 0 Å². The largest absolute Gasteiger partial charge is 0.126 e. The molecule has 0 aromatic carbocycles. The highest BCUT2D eigenvalue weighted by atomic mass is 35.5. The van der Waals surface area contributed by atoms with Crippen LogP contribution in [0.15, 0.2) is 0 Å². The average molecular weight is 126 g/mol. The van der Waals surface area contributed by atoms with Crippen molar-refractivity contribution in [2.75, 3.05) is 5.88 Å². The first-order valence-corrected chi connectivity index (χ1v) is 2.78. The molecular weight excluding hydrogens is 119 g/mol. The molecule has 0 aromatic heterocycles. The Hall–Kier alpha value is 0.580. The van der Waals surface area contributed by atoms with Gasteiger partial charge in [-0.3, -0.25) is 0 Å². The summed E-state index contributed by atoms with van der Waals surface area (Å²) in [7, 11) is 0. The van der Waals surface area contributed by atoms with Crippen LogP contribution in [0.3, 0.4) is 0 Å². The molecule has 37 valence electrons. The Kier molecular flexibility index (Phi) is 4.12. The van der Waals surface area contributed by atoms with E-state index in [1.165, 1.54) is 0 Å². The van der Waals surface area contributed by atoms with Crippen LogP contribution in [-0.2, 0) is 0 Å². The monoisotopic (exact) mass is 125 g/mol. The minimum Gasteiger partial charge on any atom is -0.126 e. The van der Waals surface area contributed by atoms with Crippen molar-refractivity contribution >= 4 is 23.2 Å². The second-order valence-electron chi connectivity index (χ2n) is 1.26. The maximum Gasteiger partial charge on any atom is 0.0539 e. The molecule has 0 rings (SSSR count). The van der Waals surface area contributed by atoms with Crippen LogP contribution in [0.4, 0.5) is 0 Å². The molecule has 0 spiro atoms. The van der Waals surface area contributed by atoms with Crippen LogP contribution >= 0.6 is 23.2 Å². The van der Waals surface area contributed by atoms with Crippen molar-refractivity contribution in [1.29, 1.82) is 0 Å². The van der Waals surface area contributed by atoms with Crippen LogP contribution in [0.2, 0.25) is 0 Å². The van der Waals surface area contributed by atoms with Gasteiger partial charge in [-0.15, -0.1) is 23.2 Å². The van der Waals surface area contributed by atoms with Gasteiger partial charge in [-0.1, -0.05) is 6.92 Å². The Bertz CT molecular complexity index is 24.7. The van der Waals surface area contributed by atoms with Gasteiger partial charge in [-0.25, -0.2) is 0 Å². The van der Waals surface area contributed by atoms with E-state index in [9.17, 15) is 0 Å². The highest BCUT2D eigenvalue weighted by molar-refractivity contribution is 6.24. The summed E-state index contributed by atoms with van der Waals surface area (Å²) in [5, 5.41) is 0. The number of hydrogen-bond donors (Lipinski definition) is 0. The summed E-state index contributed by atoms with van der Waals surface area (Å²) in [5.41, 5.74) is 0. The molecule has 0 bridgehead atoms. The van der Waals surface area contributed by atoms with E-state index in [-0.39, 0.29) is 0 Å². The van der Waals surface area contributed by atoms with Crippen LogP contribution in [0.1, 0.15) is 6.92 Å². The summed E-state index contributed by atoms with van der Waals surface area (Å²) < 4.78 is 0. The van der Waals surface area contributed by atoms with Gasteiger partial charge < -0.3 is 0 Å². The van der Waals surface area contributed by atoms with Crippen molar-refractivity contribution in [3.05, 3.63) is 5.88 Å². The van der Waals surface area contributed by atoms with E-state index >= 15 is 0 Å². The van der Waals surface area contributed by atoms with Gasteiger partial charge >= 0.3 is 0 Å². The number of alkyl halides is 1. The van der Waals surface area contributed by atoms with Crippen molar-refractivity contribution in [2.45, 2.75) is 6.92 Å². The quantitative estimate of drug-likeness (QED) is 0.498. The Morgan fingerprint density at radius 1 is 1.83 bits per heavy atom. The number of hydrogen-bond acceptors (Lipinski definition) is 0. The summed E-state index contributed by atoms with van der Waals surface area (Å²) in [4.78, 5) is 0. The molecule has 0 unspecified atom stereocenters. The van der Waals surface area contributed by atoms with Crippen molar-refractivity contribution < 1.29 is 0 Å². The van der Waals surface area contributed by atoms with Gasteiger partial charge in [0.05, 0.1) is 5.88 Å². The van der Waals surface area contributed by atoms with Crippen molar-refractivity contribution in [3.8, 4) is 0 Å². The van der Waals surface area contributed by atoms with Crippen molar-refractivity contribution in [3.63, 3.8) is 0 Å². The minimum absolute atomic E-state index is 0.341. The third-order valence-electron chi connectivity index (χ3n) is 0.458. The molecule has 0 nitrogen and oxygen atoms in total. The molecule has 0 N–H and O–H groups in total. The Labute approximate surface area is 48.4 Å². The second-order valence-corrected chi connectivity index (χ2v) is 1.82. The lowest BCUT2D eigenvalue weighted by molar-refractivity contribution is 0.817. The fraction of sp³-hybridized carbons (Fsp3) is 0.750. The molecule has 0 aliphatic heterocycles. The smallest absolute Gasteiger partial charge is 0.0539 e. The van der Waals surface area contributed by atoms with Gasteiger partial charge in [0.25, 0.3) is 0 Å². The van der Waals surface area contributed by atoms with Crippen LogP contribution in [0.25, 0.3) is 0 Å². The second kappa shape index (κ2) is 3.76. The molecule has 0 heterocycles. The zero-order valence-electron chi connectivity index (χ0n) is 3.62. The Balaban J connectivity index is 2.75. The highest BCUT2D eigenvalue weighted by Gasteiger charge is 1.93. The molecule has 0 saturated carbocycles. The molecule has 1 radical (unpaired) electrons. The van der Waals surface area contributed by atoms with E-state index in [4.69, 9.17) is 23.2 Å². The van der Waals surface area contributed by atoms with E-state index in [2.05, 4.69) is 0 Å². The maximum atomic E-state index is 5.34. The molecule has 0 amide bonds. The third-order valence-corrected chi connectivity index (χ3v) is 1.38. The normalized spacial score (nSPS) is 10.0. The van der Waals surface area contributed by atoms with Crippen LogP contribution in [0, 0.1) is 11.8 Å². The average Bonchev–Trinajstić information content (AvgIpc) is 1.65. The van der Waals surface area contributed by atoms with Gasteiger partial charge in [0.2, 0.25) is 0 Å². The molecular formula is C4H7Cl2. The van der Waals surface area contributed by atoms with Crippen molar-refractivity contribution in [2.24, 2.45) is 5.92 Å². The lowest BCUT2D eigenvalue weighted by Crippen LogP contribution is -1.89. The van der Waals surface area contributed by atoms with E-state index in [0.717, 1.165) is 0 Å². The summed E-state index contributed by atoms with van der Waals surface area (Å²) in [6.45, 7) is 1.96. The highest BCUT2D eigenvalue weighted by Crippen LogP contribution is 2.03. The SMILES string of the molecule is C[C@@H]([CH]Cl)CCl. The molecule has 2 heteroatoms. The van der Waals surface area contributed by atoms with E-state index in [0.29, 0.717) is 11.8 Å². The molecule has 0 aromatic rings. The summed E-state index contributed by atoms with van der Waals surface area (Å²) in [5.74, 6) is 2.52. The maximum absolute atomic E-state index is 5.34. The molecule has 0 saturated heterocycles. The summed E-state index contributed by atoms with van der Waals surface area (Å²) in [6.07, 6.45) is 0. The molecule has 0 aliphatic rings. The standard InChI is InChI=1S/C4H7Cl2/c1-4(2-5)3-6/h2,4H,3H2,1H3/t4-/m0/s1. The lowest BCUT2D eigenvalue weighted by Gasteiger charge is -1.94. The molecule has 0 aliphatic carbocycles. The van der Waals surface area contributed by atoms with Gasteiger partial charge in [-0.2, -0.15) is 0 Å². The predicted octanol–water partition coefficient (Wildman–Crippen LogP) is 2.26. The van der Waals surface area contributed by atoms with E-state index < -0.39 is 0 Å². The number of halogens is 2. The van der Waals surface area contributed by atoms with Gasteiger partial charge in [0.1, 0.15) is 0 Å². The van der Waals surface area contributed by atoms with Gasteiger partial charge in [-0.05, 0) is 5.92 Å². The third kappa shape index (κ3) is 2.80. The van der Waals surface area contributed by atoms with E-state index in [1.54, 1.807) is 5.88 Å². The van der Waals surface area contributed by atoms with Crippen LogP contribution in [-0.4, -0.2) is 5.88 Å². The molecule has 6 heavy (non-hydrogen) atoms. The Morgan fingerprint density at radius 2 is 2.33 bits per heavy atom. The van der Waals surface area contributed by atoms with E-state index in [1.807, 2.05) is 6.92 Å². The summed E-state index contributed by atoms with van der Waals surface area (Å²) >= 11 is 10.6.